The van der Waals surface area contributed by atoms with Crippen molar-refractivity contribution in [3.8, 4) is 5.75 Å². The molecular weight excluding hydrogens is 352 g/mol. The second-order valence-corrected chi connectivity index (χ2v) is 6.47. The highest BCUT2D eigenvalue weighted by molar-refractivity contribution is 6.03. The lowest BCUT2D eigenvalue weighted by Gasteiger charge is -2.21. The summed E-state index contributed by atoms with van der Waals surface area (Å²) >= 11 is 0. The van der Waals surface area contributed by atoms with Crippen molar-refractivity contribution in [1.29, 1.82) is 0 Å². The second-order valence-electron chi connectivity index (χ2n) is 6.47. The van der Waals surface area contributed by atoms with Crippen LogP contribution in [0.25, 0.3) is 0 Å². The van der Waals surface area contributed by atoms with Crippen LogP contribution in [0, 0.1) is 0 Å². The molecule has 0 bridgehead atoms. The van der Waals surface area contributed by atoms with Crippen molar-refractivity contribution >= 4 is 23.2 Å². The fraction of sp³-hybridized carbons (Fsp3) is 0.227. The normalized spacial score (nSPS) is 10.6. The van der Waals surface area contributed by atoms with Crippen LogP contribution in [0.5, 0.6) is 5.75 Å². The highest BCUT2D eigenvalue weighted by Crippen LogP contribution is 2.22. The van der Waals surface area contributed by atoms with Crippen molar-refractivity contribution in [1.82, 2.24) is 9.97 Å². The van der Waals surface area contributed by atoms with Crippen LogP contribution >= 0.6 is 0 Å². The molecule has 0 radical (unpaired) electrons. The number of carbonyl (C=O) groups is 1. The first kappa shape index (κ1) is 19.4. The van der Waals surface area contributed by atoms with E-state index in [1.807, 2.05) is 68.1 Å². The third-order valence-electron chi connectivity index (χ3n) is 3.98. The molecule has 0 spiro atoms. The van der Waals surface area contributed by atoms with E-state index in [1.54, 1.807) is 24.4 Å². The van der Waals surface area contributed by atoms with Crippen LogP contribution in [-0.4, -0.2) is 28.5 Å². The lowest BCUT2D eigenvalue weighted by atomic mass is 10.2. The number of anilines is 3. The summed E-state index contributed by atoms with van der Waals surface area (Å²) in [5.74, 6) is 0.964. The van der Waals surface area contributed by atoms with Gasteiger partial charge in [0.25, 0.3) is 5.91 Å². The summed E-state index contributed by atoms with van der Waals surface area (Å²) in [6.45, 7) is 6.64. The number of aromatic nitrogens is 2. The van der Waals surface area contributed by atoms with Gasteiger partial charge in [0.2, 0.25) is 5.95 Å². The molecule has 144 valence electrons. The summed E-state index contributed by atoms with van der Waals surface area (Å²) in [7, 11) is 0. The first-order valence-electron chi connectivity index (χ1n) is 9.30. The first-order valence-corrected chi connectivity index (χ1v) is 9.30. The van der Waals surface area contributed by atoms with Crippen LogP contribution in [-0.2, 0) is 0 Å². The van der Waals surface area contributed by atoms with Gasteiger partial charge in [-0.15, -0.1) is 0 Å². The number of nitrogens with one attached hydrogen (secondary N) is 1. The fourth-order valence-electron chi connectivity index (χ4n) is 2.74. The van der Waals surface area contributed by atoms with Crippen LogP contribution < -0.4 is 15.0 Å². The molecule has 6 nitrogen and oxygen atoms in total. The molecule has 0 unspecified atom stereocenters. The summed E-state index contributed by atoms with van der Waals surface area (Å²) in [5.41, 5.74) is 1.96. The van der Waals surface area contributed by atoms with Crippen LogP contribution in [0.1, 0.15) is 31.3 Å². The minimum absolute atomic E-state index is 0.103. The largest absolute Gasteiger partial charge is 0.491 e. The van der Waals surface area contributed by atoms with Crippen LogP contribution in [0.15, 0.2) is 66.9 Å². The first-order chi connectivity index (χ1) is 13.6. The lowest BCUT2D eigenvalue weighted by molar-refractivity contribution is 0.102. The minimum Gasteiger partial charge on any atom is -0.491 e. The summed E-state index contributed by atoms with van der Waals surface area (Å²) in [6.07, 6.45) is 1.70. The Morgan fingerprint density at radius 2 is 1.79 bits per heavy atom. The molecule has 0 atom stereocenters. The van der Waals surface area contributed by atoms with Gasteiger partial charge in [-0.05, 0) is 63.2 Å². The van der Waals surface area contributed by atoms with Gasteiger partial charge < -0.3 is 15.0 Å². The van der Waals surface area contributed by atoms with E-state index in [4.69, 9.17) is 4.74 Å². The number of hydrogen-bond acceptors (Lipinski definition) is 5. The minimum atomic E-state index is -0.287. The zero-order valence-corrected chi connectivity index (χ0v) is 16.3. The fourth-order valence-corrected chi connectivity index (χ4v) is 2.74. The van der Waals surface area contributed by atoms with E-state index >= 15 is 0 Å². The molecule has 0 aliphatic rings. The molecule has 3 aromatic rings. The monoisotopic (exact) mass is 376 g/mol. The summed E-state index contributed by atoms with van der Waals surface area (Å²) in [4.78, 5) is 23.4. The van der Waals surface area contributed by atoms with Gasteiger partial charge in [0, 0.05) is 24.1 Å². The number of hydrogen-bond donors (Lipinski definition) is 1. The quantitative estimate of drug-likeness (QED) is 0.649. The van der Waals surface area contributed by atoms with E-state index < -0.39 is 0 Å². The molecular formula is C22H24N4O2. The van der Waals surface area contributed by atoms with E-state index in [2.05, 4.69) is 15.3 Å². The Kier molecular flexibility index (Phi) is 6.22. The van der Waals surface area contributed by atoms with E-state index in [9.17, 15) is 4.79 Å². The Balaban J connectivity index is 1.75. The number of carbonyl (C=O) groups excluding carboxylic acids is 1. The maximum Gasteiger partial charge on any atom is 0.274 e. The Bertz CT molecular complexity index is 911. The van der Waals surface area contributed by atoms with Gasteiger partial charge in [0.15, 0.2) is 0 Å². The smallest absolute Gasteiger partial charge is 0.274 e. The number of nitrogens with zero attached hydrogens (tertiary/aromatic N) is 3. The van der Waals surface area contributed by atoms with Crippen LogP contribution in [0.4, 0.5) is 17.3 Å². The Morgan fingerprint density at radius 1 is 1.07 bits per heavy atom. The molecule has 1 heterocycles. The molecule has 28 heavy (non-hydrogen) atoms. The number of benzene rings is 2. The van der Waals surface area contributed by atoms with Crippen molar-refractivity contribution in [2.75, 3.05) is 16.8 Å². The third-order valence-corrected chi connectivity index (χ3v) is 3.98. The summed E-state index contributed by atoms with van der Waals surface area (Å²) in [5, 5.41) is 2.86. The van der Waals surface area contributed by atoms with Crippen molar-refractivity contribution in [2.45, 2.75) is 26.9 Å². The van der Waals surface area contributed by atoms with E-state index in [1.165, 1.54) is 0 Å². The summed E-state index contributed by atoms with van der Waals surface area (Å²) < 4.78 is 5.62. The molecule has 1 aromatic heterocycles. The Hall–Kier alpha value is -3.41. The molecule has 1 N–H and O–H groups in total. The predicted octanol–water partition coefficient (Wildman–Crippen LogP) is 4.67. The summed E-state index contributed by atoms with van der Waals surface area (Å²) in [6, 6.07) is 18.7. The van der Waals surface area contributed by atoms with Gasteiger partial charge >= 0.3 is 0 Å². The van der Waals surface area contributed by atoms with Gasteiger partial charge in [-0.1, -0.05) is 18.2 Å². The van der Waals surface area contributed by atoms with Gasteiger partial charge in [-0.25, -0.2) is 9.97 Å². The number of rotatable bonds is 7. The zero-order valence-electron chi connectivity index (χ0n) is 16.3. The molecule has 3 rings (SSSR count). The number of ether oxygens (including phenoxy) is 1. The highest BCUT2D eigenvalue weighted by Gasteiger charge is 2.14. The average Bonchev–Trinajstić information content (AvgIpc) is 2.71. The molecule has 0 saturated heterocycles. The molecule has 0 saturated carbocycles. The van der Waals surface area contributed by atoms with Crippen molar-refractivity contribution in [3.05, 3.63) is 72.6 Å². The molecule has 0 aliphatic carbocycles. The second kappa shape index (κ2) is 8.99. The third kappa shape index (κ3) is 4.85. The van der Waals surface area contributed by atoms with E-state index in [0.29, 0.717) is 23.9 Å². The SMILES string of the molecule is CCN(c1ccccc1)c1nccc(C(=O)Nc2ccc(OC(C)C)cc2)n1. The molecule has 0 aliphatic heterocycles. The van der Waals surface area contributed by atoms with Crippen LogP contribution in [0.3, 0.4) is 0 Å². The van der Waals surface area contributed by atoms with Gasteiger partial charge in [-0.3, -0.25) is 4.79 Å². The highest BCUT2D eigenvalue weighted by atomic mass is 16.5. The molecule has 1 amide bonds. The van der Waals surface area contributed by atoms with Crippen LogP contribution in [0.2, 0.25) is 0 Å². The molecule has 0 fully saturated rings. The Labute approximate surface area is 165 Å². The van der Waals surface area contributed by atoms with Gasteiger partial charge in [-0.2, -0.15) is 0 Å². The van der Waals surface area contributed by atoms with Crippen molar-refractivity contribution in [3.63, 3.8) is 0 Å². The Morgan fingerprint density at radius 3 is 2.43 bits per heavy atom. The number of para-hydroxylation sites is 1. The molecule has 6 heteroatoms. The maximum atomic E-state index is 12.6. The lowest BCUT2D eigenvalue weighted by Crippen LogP contribution is -2.21. The van der Waals surface area contributed by atoms with E-state index in [0.717, 1.165) is 11.4 Å². The molecule has 2 aromatic carbocycles. The number of amides is 1. The van der Waals surface area contributed by atoms with Crippen molar-refractivity contribution < 1.29 is 9.53 Å². The van der Waals surface area contributed by atoms with Crippen molar-refractivity contribution in [2.24, 2.45) is 0 Å². The average molecular weight is 376 g/mol. The maximum absolute atomic E-state index is 12.6. The standard InChI is InChI=1S/C22H24N4O2/c1-4-26(18-8-6-5-7-9-18)22-23-15-14-20(25-22)21(27)24-17-10-12-19(13-11-17)28-16(2)3/h5-16H,4H2,1-3H3,(H,24,27). The predicted molar refractivity (Wildman–Crippen MR) is 111 cm³/mol. The van der Waals surface area contributed by atoms with E-state index in [-0.39, 0.29) is 12.0 Å². The van der Waals surface area contributed by atoms with Gasteiger partial charge in [0.05, 0.1) is 6.10 Å². The topological polar surface area (TPSA) is 67.4 Å². The zero-order chi connectivity index (χ0) is 19.9. The van der Waals surface area contributed by atoms with Gasteiger partial charge in [0.1, 0.15) is 11.4 Å².